The van der Waals surface area contributed by atoms with Crippen molar-refractivity contribution < 1.29 is 8.22 Å². The van der Waals surface area contributed by atoms with E-state index in [4.69, 9.17) is 8.22 Å². The van der Waals surface area contributed by atoms with Gasteiger partial charge in [-0.15, -0.1) is 0 Å². The summed E-state index contributed by atoms with van der Waals surface area (Å²) in [5, 5.41) is 0. The summed E-state index contributed by atoms with van der Waals surface area (Å²) in [4.78, 5) is 0. The predicted octanol–water partition coefficient (Wildman–Crippen LogP) is 2.30. The molecule has 0 heteroatoms. The smallest absolute Gasteiger partial charge is 0.0620 e. The summed E-state index contributed by atoms with van der Waals surface area (Å²) in [6.45, 7) is 0.125. The first-order valence-corrected chi connectivity index (χ1v) is 2.29. The highest BCUT2D eigenvalue weighted by atomic mass is 13.9. The van der Waals surface area contributed by atoms with Gasteiger partial charge >= 0.3 is 0 Å². The zero-order valence-corrected chi connectivity index (χ0v) is 4.58. The Labute approximate surface area is 58.6 Å². The van der Waals surface area contributed by atoms with Crippen LogP contribution in [0.5, 0.6) is 0 Å². The molecule has 42 valence electrons. The molecule has 8 heavy (non-hydrogen) atoms. The molecule has 0 atom stereocenters. The highest BCUT2D eigenvalue weighted by Crippen LogP contribution is 2.02. The van der Waals surface area contributed by atoms with E-state index in [1.54, 1.807) is 0 Å². The van der Waals surface area contributed by atoms with E-state index in [2.05, 4.69) is 0 Å². The third-order valence-electron chi connectivity index (χ3n) is 0.914. The maximum Gasteiger partial charge on any atom is 0.0626 e. The largest absolute Gasteiger partial charge is 0.0626 e. The second-order valence-corrected chi connectivity index (χ2v) is 1.54. The molecular formula is C8H10. The lowest BCUT2D eigenvalue weighted by molar-refractivity contribution is 1.34. The molecule has 0 fully saturated rings. The van der Waals surface area contributed by atoms with Crippen molar-refractivity contribution in [3.05, 3.63) is 35.3 Å². The molecule has 0 aliphatic heterocycles. The summed E-state index contributed by atoms with van der Waals surface area (Å²) in [7, 11) is 0. The summed E-state index contributed by atoms with van der Waals surface area (Å²) in [6, 6.07) is -1.12. The van der Waals surface area contributed by atoms with E-state index < -0.39 is 6.88 Å². The first-order valence-electron chi connectivity index (χ1n) is 5.44. The number of benzene rings is 1. The maximum atomic E-state index is 7.47. The van der Waals surface area contributed by atoms with Crippen LogP contribution in [0.4, 0.5) is 0 Å². The summed E-state index contributed by atoms with van der Waals surface area (Å²) >= 11 is 0. The molecule has 0 bridgehead atoms. The SMILES string of the molecule is [2H]c1c([2H])c([2H])c(C([2H])[2H])c(C)c1[2H]. The van der Waals surface area contributed by atoms with Gasteiger partial charge in [-0.1, -0.05) is 24.2 Å². The van der Waals surface area contributed by atoms with Gasteiger partial charge in [0, 0.05) is 2.74 Å². The molecule has 0 aliphatic rings. The van der Waals surface area contributed by atoms with Crippen LogP contribution in [-0.2, 0) is 0 Å². The molecular weight excluding hydrogens is 96.1 g/mol. The normalized spacial score (nSPS) is 20.2. The minimum Gasteiger partial charge on any atom is -0.0620 e. The first-order chi connectivity index (χ1) is 6.37. The van der Waals surface area contributed by atoms with Crippen molar-refractivity contribution in [2.45, 2.75) is 13.8 Å². The van der Waals surface area contributed by atoms with Gasteiger partial charge in [-0.2, -0.15) is 0 Å². The van der Waals surface area contributed by atoms with E-state index in [1.165, 1.54) is 6.92 Å². The second-order valence-electron chi connectivity index (χ2n) is 1.54. The van der Waals surface area contributed by atoms with Gasteiger partial charge in [0.25, 0.3) is 0 Å². The van der Waals surface area contributed by atoms with E-state index in [0.29, 0.717) is 0 Å². The Bertz CT molecular complexity index is 342. The fourth-order valence-corrected chi connectivity index (χ4v) is 0.385. The van der Waals surface area contributed by atoms with Crippen LogP contribution in [0.15, 0.2) is 24.2 Å². The van der Waals surface area contributed by atoms with Crippen molar-refractivity contribution in [1.29, 1.82) is 0 Å². The molecule has 1 aromatic carbocycles. The average Bonchev–Trinajstić information content (AvgIpc) is 2.11. The molecule has 1 rings (SSSR count). The molecule has 0 saturated carbocycles. The number of hydrogen-bond acceptors (Lipinski definition) is 0. The van der Waals surface area contributed by atoms with Gasteiger partial charge in [-0.3, -0.25) is 0 Å². The summed E-state index contributed by atoms with van der Waals surface area (Å²) < 4.78 is 44.0. The summed E-state index contributed by atoms with van der Waals surface area (Å²) in [5.74, 6) is 0. The predicted molar refractivity (Wildman–Crippen MR) is 35.9 cm³/mol. The number of rotatable bonds is 0. The topological polar surface area (TPSA) is 0 Å². The van der Waals surface area contributed by atoms with Crippen molar-refractivity contribution in [3.63, 3.8) is 0 Å². The van der Waals surface area contributed by atoms with Gasteiger partial charge in [-0.05, 0) is 24.9 Å². The van der Waals surface area contributed by atoms with Gasteiger partial charge in [0.15, 0.2) is 0 Å². The lowest BCUT2D eigenvalue weighted by atomic mass is 10.1. The Hall–Kier alpha value is -0.780. The van der Waals surface area contributed by atoms with Gasteiger partial charge in [0.05, 0.1) is 5.48 Å². The lowest BCUT2D eigenvalue weighted by Crippen LogP contribution is -1.74. The molecule has 0 aromatic heterocycles. The van der Waals surface area contributed by atoms with Crippen LogP contribution in [0.1, 0.15) is 19.4 Å². The van der Waals surface area contributed by atoms with Crippen LogP contribution in [0.25, 0.3) is 0 Å². The van der Waals surface area contributed by atoms with Gasteiger partial charge in [-0.25, -0.2) is 0 Å². The molecule has 0 aliphatic carbocycles. The van der Waals surface area contributed by atoms with E-state index in [1.807, 2.05) is 0 Å². The second kappa shape index (κ2) is 1.99. The van der Waals surface area contributed by atoms with Crippen molar-refractivity contribution in [2.24, 2.45) is 0 Å². The van der Waals surface area contributed by atoms with Crippen molar-refractivity contribution in [2.75, 3.05) is 0 Å². The molecule has 0 saturated heterocycles. The minimum atomic E-state index is -1.38. The Balaban J connectivity index is 3.60. The number of hydrogen-bond donors (Lipinski definition) is 0. The molecule has 0 radical (unpaired) electrons. The van der Waals surface area contributed by atoms with Crippen LogP contribution < -0.4 is 0 Å². The van der Waals surface area contributed by atoms with Crippen molar-refractivity contribution in [3.8, 4) is 0 Å². The summed E-state index contributed by atoms with van der Waals surface area (Å²) in [6.07, 6.45) is 0. The van der Waals surface area contributed by atoms with E-state index in [0.717, 1.165) is 0 Å². The van der Waals surface area contributed by atoms with Crippen LogP contribution in [-0.4, -0.2) is 0 Å². The maximum absolute atomic E-state index is 7.47. The van der Waals surface area contributed by atoms with Crippen molar-refractivity contribution >= 4 is 0 Å². The third kappa shape index (κ3) is 0.890. The van der Waals surface area contributed by atoms with Crippen LogP contribution in [0, 0.1) is 13.8 Å². The Morgan fingerprint density at radius 1 is 1.38 bits per heavy atom. The van der Waals surface area contributed by atoms with Gasteiger partial charge in [0.2, 0.25) is 0 Å². The quantitative estimate of drug-likeness (QED) is 0.483. The zero-order valence-electron chi connectivity index (χ0n) is 10.6. The average molecular weight is 112 g/mol. The highest BCUT2D eigenvalue weighted by Gasteiger charge is 1.83. The van der Waals surface area contributed by atoms with E-state index in [-0.39, 0.29) is 35.3 Å². The fourth-order valence-electron chi connectivity index (χ4n) is 0.385. The molecule has 0 heterocycles. The van der Waals surface area contributed by atoms with Gasteiger partial charge in [0.1, 0.15) is 0 Å². The standard InChI is InChI=1S/C8H10/c1-7-5-3-4-6-8(7)2/h3-6H,1-2H3/i1D2,3D,4D,5D,6D. The van der Waals surface area contributed by atoms with Crippen LogP contribution in [0.3, 0.4) is 0 Å². The lowest BCUT2D eigenvalue weighted by Gasteiger charge is -1.93. The monoisotopic (exact) mass is 112 g/mol. The molecule has 0 unspecified atom stereocenters. The van der Waals surface area contributed by atoms with Crippen molar-refractivity contribution in [1.82, 2.24) is 0 Å². The Kier molecular flexibility index (Phi) is 0.398. The van der Waals surface area contributed by atoms with Crippen LogP contribution >= 0.6 is 0 Å². The van der Waals surface area contributed by atoms with Crippen LogP contribution in [0.2, 0.25) is 0 Å². The third-order valence-corrected chi connectivity index (χ3v) is 0.914. The zero-order chi connectivity index (χ0) is 11.0. The Morgan fingerprint density at radius 2 is 2.00 bits per heavy atom. The molecule has 0 amide bonds. The molecule has 0 spiro atoms. The molecule has 0 N–H and O–H groups in total. The Morgan fingerprint density at radius 3 is 2.62 bits per heavy atom. The minimum absolute atomic E-state index is 0.0519. The fraction of sp³-hybridized carbons (Fsp3) is 0.250. The molecule has 0 nitrogen and oxygen atoms in total. The molecule has 1 aromatic rings. The van der Waals surface area contributed by atoms with Gasteiger partial charge < -0.3 is 0 Å². The summed E-state index contributed by atoms with van der Waals surface area (Å²) in [5.41, 5.74) is 0.335. The first kappa shape index (κ1) is 1.60. The van der Waals surface area contributed by atoms with E-state index >= 15 is 0 Å². The van der Waals surface area contributed by atoms with E-state index in [9.17, 15) is 0 Å². The highest BCUT2D eigenvalue weighted by molar-refractivity contribution is 5.23.